The third-order valence-electron chi connectivity index (χ3n) is 3.71. The van der Waals surface area contributed by atoms with Gasteiger partial charge in [-0.1, -0.05) is 11.6 Å². The monoisotopic (exact) mass is 410 g/mol. The molecule has 3 rings (SSSR count). The molecule has 0 amide bonds. The van der Waals surface area contributed by atoms with Crippen LogP contribution in [0.5, 0.6) is 5.88 Å². The smallest absolute Gasteiger partial charge is 0.346 e. The molecule has 10 nitrogen and oxygen atoms in total. The lowest BCUT2D eigenvalue weighted by molar-refractivity contribution is 0.0718. The van der Waals surface area contributed by atoms with Crippen LogP contribution < -0.4 is 4.74 Å². The number of benzene rings is 1. The largest absolute Gasteiger partial charge is 0.404 e. The van der Waals surface area contributed by atoms with E-state index >= 15 is 0 Å². The van der Waals surface area contributed by atoms with Crippen LogP contribution in [0.4, 0.5) is 0 Å². The molecule has 0 radical (unpaired) electrons. The maximum atomic E-state index is 12.6. The van der Waals surface area contributed by atoms with E-state index in [-0.39, 0.29) is 33.5 Å². The van der Waals surface area contributed by atoms with Gasteiger partial charge in [-0.15, -0.1) is 5.10 Å². The lowest BCUT2D eigenvalue weighted by atomic mass is 10.1. The molecule has 27 heavy (non-hydrogen) atoms. The van der Waals surface area contributed by atoms with Gasteiger partial charge < -0.3 is 4.74 Å². The number of halogens is 1. The van der Waals surface area contributed by atoms with E-state index in [1.54, 1.807) is 6.07 Å². The van der Waals surface area contributed by atoms with Gasteiger partial charge >= 0.3 is 5.97 Å². The summed E-state index contributed by atoms with van der Waals surface area (Å²) in [4.78, 5) is 12.6. The van der Waals surface area contributed by atoms with Gasteiger partial charge in [-0.2, -0.15) is 5.10 Å². The number of hydrogen-bond acceptors (Lipinski definition) is 8. The lowest BCUT2D eigenvalue weighted by Gasteiger charge is -2.13. The first-order valence-corrected chi connectivity index (χ1v) is 10.0. The van der Waals surface area contributed by atoms with Crippen molar-refractivity contribution in [1.82, 2.24) is 30.0 Å². The van der Waals surface area contributed by atoms with E-state index in [0.717, 1.165) is 6.26 Å². The first kappa shape index (κ1) is 19.0. The fourth-order valence-corrected chi connectivity index (χ4v) is 3.75. The van der Waals surface area contributed by atoms with Gasteiger partial charge in [-0.3, -0.25) is 0 Å². The molecule has 0 aliphatic rings. The normalized spacial score (nSPS) is 11.5. The van der Waals surface area contributed by atoms with Crippen molar-refractivity contribution in [2.45, 2.75) is 24.9 Å². The quantitative estimate of drug-likeness (QED) is 0.556. The number of carbonyl (C=O) groups excluding carboxylic acids is 1. The summed E-state index contributed by atoms with van der Waals surface area (Å²) in [5.74, 6) is -0.471. The Labute approximate surface area is 159 Å². The van der Waals surface area contributed by atoms with Crippen LogP contribution in [0.25, 0.3) is 0 Å². The van der Waals surface area contributed by atoms with Crippen LogP contribution in [0.2, 0.25) is 5.02 Å². The van der Waals surface area contributed by atoms with Crippen molar-refractivity contribution in [3.63, 3.8) is 0 Å². The van der Waals surface area contributed by atoms with Gasteiger partial charge in [-0.25, -0.2) is 22.6 Å². The van der Waals surface area contributed by atoms with Crippen LogP contribution in [0.1, 0.15) is 22.8 Å². The number of esters is 1. The molecular weight excluding hydrogens is 396 g/mol. The highest BCUT2D eigenvalue weighted by atomic mass is 35.5. The second-order valence-corrected chi connectivity index (χ2v) is 7.92. The van der Waals surface area contributed by atoms with E-state index in [1.807, 2.05) is 6.92 Å². The molecule has 0 fully saturated rings. The lowest BCUT2D eigenvalue weighted by Crippen LogP contribution is -2.15. The van der Waals surface area contributed by atoms with Crippen molar-refractivity contribution in [2.75, 3.05) is 6.26 Å². The van der Waals surface area contributed by atoms with Crippen molar-refractivity contribution in [2.24, 2.45) is 0 Å². The molecule has 0 unspecified atom stereocenters. The van der Waals surface area contributed by atoms with Gasteiger partial charge in [0, 0.05) is 24.4 Å². The van der Waals surface area contributed by atoms with Crippen molar-refractivity contribution >= 4 is 27.4 Å². The predicted octanol–water partition coefficient (Wildman–Crippen LogP) is 1.21. The van der Waals surface area contributed by atoms with E-state index in [1.165, 1.54) is 34.0 Å². The Bertz CT molecular complexity index is 1080. The Morgan fingerprint density at radius 1 is 1.30 bits per heavy atom. The van der Waals surface area contributed by atoms with Crippen LogP contribution in [0.3, 0.4) is 0 Å². The molecule has 0 aliphatic carbocycles. The molecule has 0 spiro atoms. The van der Waals surface area contributed by atoms with Crippen LogP contribution >= 0.6 is 11.6 Å². The Morgan fingerprint density at radius 3 is 2.70 bits per heavy atom. The van der Waals surface area contributed by atoms with E-state index in [0.29, 0.717) is 6.54 Å². The Kier molecular flexibility index (Phi) is 5.24. The number of hydrogen-bond donors (Lipinski definition) is 0. The van der Waals surface area contributed by atoms with Crippen molar-refractivity contribution < 1.29 is 17.9 Å². The minimum atomic E-state index is -3.59. The fourth-order valence-electron chi connectivity index (χ4n) is 2.47. The van der Waals surface area contributed by atoms with Crippen molar-refractivity contribution in [3.05, 3.63) is 46.9 Å². The third-order valence-corrected chi connectivity index (χ3v) is 5.32. The first-order chi connectivity index (χ1) is 12.8. The summed E-state index contributed by atoms with van der Waals surface area (Å²) in [5.41, 5.74) is 0.223. The summed E-state index contributed by atoms with van der Waals surface area (Å²) in [7, 11) is -3.59. The number of sulfone groups is 1. The van der Waals surface area contributed by atoms with Gasteiger partial charge in [0.25, 0.3) is 0 Å². The topological polar surface area (TPSA) is 122 Å². The van der Waals surface area contributed by atoms with Crippen molar-refractivity contribution in [3.8, 4) is 5.88 Å². The van der Waals surface area contributed by atoms with E-state index in [9.17, 15) is 13.2 Å². The van der Waals surface area contributed by atoms with Crippen LogP contribution in [0.15, 0.2) is 35.6 Å². The van der Waals surface area contributed by atoms with Gasteiger partial charge in [0.05, 0.1) is 28.2 Å². The maximum Gasteiger partial charge on any atom is 0.346 e. The minimum absolute atomic E-state index is 0.0156. The number of carbonyl (C=O) groups is 1. The maximum absolute atomic E-state index is 12.6. The Hall–Kier alpha value is -2.79. The Balaban J connectivity index is 2.02. The summed E-state index contributed by atoms with van der Waals surface area (Å²) in [6.07, 6.45) is 3.87. The van der Waals surface area contributed by atoms with E-state index < -0.39 is 15.8 Å². The van der Waals surface area contributed by atoms with Crippen molar-refractivity contribution in [1.29, 1.82) is 0 Å². The fraction of sp³-hybridized carbons (Fsp3) is 0.267. The molecule has 2 aromatic heterocycles. The second-order valence-electron chi connectivity index (χ2n) is 5.56. The van der Waals surface area contributed by atoms with Gasteiger partial charge in [0.2, 0.25) is 5.88 Å². The molecular formula is C15H15ClN6O4S. The molecule has 0 saturated heterocycles. The highest BCUT2D eigenvalue weighted by Crippen LogP contribution is 2.29. The average molecular weight is 411 g/mol. The highest BCUT2D eigenvalue weighted by molar-refractivity contribution is 7.90. The zero-order chi connectivity index (χ0) is 19.6. The highest BCUT2D eigenvalue weighted by Gasteiger charge is 2.24. The number of rotatable bonds is 6. The molecule has 1 aromatic carbocycles. The molecule has 3 aromatic rings. The summed E-state index contributed by atoms with van der Waals surface area (Å²) in [6.45, 7) is 2.34. The van der Waals surface area contributed by atoms with E-state index in [2.05, 4.69) is 20.6 Å². The molecule has 0 aliphatic heterocycles. The standard InChI is InChI=1S/C15H15ClN6O4S/c1-3-22-13(6-7-18-22)26-15(23)10-4-5-12(27(2,24)25)11(14(10)16)8-21-9-17-19-20-21/h4-7,9H,3,8H2,1-2H3. The van der Waals surface area contributed by atoms with Gasteiger partial charge in [0.15, 0.2) is 9.84 Å². The zero-order valence-corrected chi connectivity index (χ0v) is 16.0. The predicted molar refractivity (Wildman–Crippen MR) is 94.3 cm³/mol. The second kappa shape index (κ2) is 7.45. The number of aromatic nitrogens is 6. The number of aryl methyl sites for hydroxylation is 1. The molecule has 0 N–H and O–H groups in total. The molecule has 2 heterocycles. The van der Waals surface area contributed by atoms with Crippen LogP contribution in [-0.2, 0) is 22.9 Å². The summed E-state index contributed by atoms with van der Waals surface area (Å²) < 4.78 is 32.4. The number of tetrazole rings is 1. The van der Waals surface area contributed by atoms with Gasteiger partial charge in [0.1, 0.15) is 6.33 Å². The molecule has 12 heteroatoms. The zero-order valence-electron chi connectivity index (χ0n) is 14.4. The summed E-state index contributed by atoms with van der Waals surface area (Å²) in [5, 5.41) is 14.7. The molecule has 0 saturated carbocycles. The first-order valence-electron chi connectivity index (χ1n) is 7.77. The molecule has 142 valence electrons. The third kappa shape index (κ3) is 3.98. The molecule has 0 atom stereocenters. The van der Waals surface area contributed by atoms with Crippen LogP contribution in [-0.4, -0.2) is 50.6 Å². The Morgan fingerprint density at radius 2 is 2.07 bits per heavy atom. The number of ether oxygens (including phenoxy) is 1. The van der Waals surface area contributed by atoms with Crippen LogP contribution in [0, 0.1) is 0 Å². The van der Waals surface area contributed by atoms with Gasteiger partial charge in [-0.05, 0) is 29.5 Å². The summed E-state index contributed by atoms with van der Waals surface area (Å²) in [6, 6.07) is 4.17. The van der Waals surface area contributed by atoms with E-state index in [4.69, 9.17) is 16.3 Å². The average Bonchev–Trinajstić information content (AvgIpc) is 3.26. The molecule has 0 bridgehead atoms. The number of nitrogens with zero attached hydrogens (tertiary/aromatic N) is 6. The summed E-state index contributed by atoms with van der Waals surface area (Å²) >= 11 is 6.38. The minimum Gasteiger partial charge on any atom is -0.404 e. The SMILES string of the molecule is CCn1nccc1OC(=O)c1ccc(S(C)(=O)=O)c(Cn2cnnn2)c1Cl.